The minimum atomic E-state index is -1.62. The number of anilines is 2. The first-order valence-corrected chi connectivity index (χ1v) is 11.3. The summed E-state index contributed by atoms with van der Waals surface area (Å²) in [6.07, 6.45) is 7.01. The minimum absolute atomic E-state index is 0.0180. The van der Waals surface area contributed by atoms with Crippen LogP contribution in [0.4, 0.5) is 11.4 Å². The summed E-state index contributed by atoms with van der Waals surface area (Å²) in [5.41, 5.74) is 8.63. The van der Waals surface area contributed by atoms with E-state index >= 15 is 0 Å². The Bertz CT molecular complexity index is 1420. The van der Waals surface area contributed by atoms with Crippen molar-refractivity contribution in [3.05, 3.63) is 81.3 Å². The summed E-state index contributed by atoms with van der Waals surface area (Å²) in [5.74, 6) is 2.06. The summed E-state index contributed by atoms with van der Waals surface area (Å²) in [4.78, 5) is 31.0. The third kappa shape index (κ3) is 2.64. The van der Waals surface area contributed by atoms with Gasteiger partial charge in [-0.25, -0.2) is 0 Å². The van der Waals surface area contributed by atoms with Gasteiger partial charge in [0, 0.05) is 34.0 Å². The second-order valence-electron chi connectivity index (χ2n) is 8.55. The van der Waals surface area contributed by atoms with E-state index in [0.717, 1.165) is 5.56 Å². The molecule has 1 atom stereocenters. The maximum Gasteiger partial charge on any atom is 0.248 e. The zero-order valence-corrected chi connectivity index (χ0v) is 19.3. The standard InChI is InChI=1S/C27H21ClN4O2/c1-3-14-31-21-10-5-4-8-17(21)27(26(31)34)18(15-29)25(30)32(20-11-6-9-19(28)16(20)2)22-12-7-13-23(33)24(22)27/h1,4-6,8-11H,7,12-14,30H2,2H3/t27-/m1/s1. The molecule has 0 aromatic heterocycles. The average molecular weight is 469 g/mol. The molecule has 2 N–H and O–H groups in total. The summed E-state index contributed by atoms with van der Waals surface area (Å²) >= 11 is 6.41. The molecule has 1 spiro atoms. The SMILES string of the molecule is C#CCN1C(=O)[C@@]2(C(C#N)=C(N)N(c3cccc(Cl)c3C)C3=C2C(=O)CCC3)c2ccccc21. The number of nitrogens with zero attached hydrogens (tertiary/aromatic N) is 3. The Morgan fingerprint density at radius 3 is 2.62 bits per heavy atom. The Hall–Kier alpha value is -4.00. The van der Waals surface area contributed by atoms with Crippen molar-refractivity contribution in [2.45, 2.75) is 31.6 Å². The van der Waals surface area contributed by atoms with Gasteiger partial charge in [0.1, 0.15) is 17.3 Å². The van der Waals surface area contributed by atoms with E-state index in [1.165, 1.54) is 4.90 Å². The van der Waals surface area contributed by atoms with E-state index in [9.17, 15) is 14.9 Å². The molecule has 2 aromatic carbocycles. The van der Waals surface area contributed by atoms with E-state index < -0.39 is 11.3 Å². The number of nitriles is 1. The number of terminal acetylenes is 1. The zero-order valence-electron chi connectivity index (χ0n) is 18.6. The van der Waals surface area contributed by atoms with Gasteiger partial charge in [-0.3, -0.25) is 19.4 Å². The predicted octanol–water partition coefficient (Wildman–Crippen LogP) is 4.09. The molecule has 168 valence electrons. The lowest BCUT2D eigenvalue weighted by Gasteiger charge is -2.44. The van der Waals surface area contributed by atoms with Crippen LogP contribution in [0.2, 0.25) is 5.02 Å². The molecule has 6 nitrogen and oxygen atoms in total. The molecule has 0 radical (unpaired) electrons. The van der Waals surface area contributed by atoms with Gasteiger partial charge in [-0.2, -0.15) is 5.26 Å². The van der Waals surface area contributed by atoms with Crippen LogP contribution < -0.4 is 15.5 Å². The summed E-state index contributed by atoms with van der Waals surface area (Å²) in [6.45, 7) is 1.88. The van der Waals surface area contributed by atoms with Gasteiger partial charge in [0.15, 0.2) is 5.78 Å². The molecular weight excluding hydrogens is 448 g/mol. The van der Waals surface area contributed by atoms with Gasteiger partial charge in [-0.05, 0) is 43.5 Å². The Morgan fingerprint density at radius 1 is 1.15 bits per heavy atom. The monoisotopic (exact) mass is 468 g/mol. The van der Waals surface area contributed by atoms with Crippen molar-refractivity contribution >= 4 is 34.7 Å². The molecule has 1 aliphatic carbocycles. The molecule has 0 unspecified atom stereocenters. The number of Topliss-reactive ketones (excluding diaryl/α,β-unsaturated/α-hetero) is 1. The summed E-state index contributed by atoms with van der Waals surface area (Å²) in [7, 11) is 0. The van der Waals surface area contributed by atoms with Gasteiger partial charge in [0.25, 0.3) is 0 Å². The zero-order chi connectivity index (χ0) is 24.2. The minimum Gasteiger partial charge on any atom is -0.384 e. The highest BCUT2D eigenvalue weighted by Crippen LogP contribution is 2.56. The van der Waals surface area contributed by atoms with Crippen molar-refractivity contribution in [3.63, 3.8) is 0 Å². The second-order valence-corrected chi connectivity index (χ2v) is 8.96. The fraction of sp³-hybridized carbons (Fsp3) is 0.222. The summed E-state index contributed by atoms with van der Waals surface area (Å²) in [5, 5.41) is 11.0. The quantitative estimate of drug-likeness (QED) is 0.670. The van der Waals surface area contributed by atoms with Gasteiger partial charge in [0.05, 0.1) is 17.8 Å². The number of benzene rings is 2. The number of allylic oxidation sites excluding steroid dienone is 1. The number of carbonyl (C=O) groups excluding carboxylic acids is 2. The number of hydrogen-bond acceptors (Lipinski definition) is 5. The van der Waals surface area contributed by atoms with E-state index in [4.69, 9.17) is 23.8 Å². The normalized spacial score (nSPS) is 21.5. The second kappa shape index (κ2) is 7.80. The molecular formula is C27H21ClN4O2. The molecule has 5 rings (SSSR count). The molecule has 0 bridgehead atoms. The van der Waals surface area contributed by atoms with Gasteiger partial charge in [0.2, 0.25) is 5.91 Å². The molecule has 3 aliphatic rings. The van der Waals surface area contributed by atoms with Crippen LogP contribution in [0, 0.1) is 30.6 Å². The van der Waals surface area contributed by atoms with Gasteiger partial charge < -0.3 is 5.73 Å². The van der Waals surface area contributed by atoms with Crippen LogP contribution in [-0.2, 0) is 15.0 Å². The number of amides is 1. The fourth-order valence-electron chi connectivity index (χ4n) is 5.49. The van der Waals surface area contributed by atoms with Crippen molar-refractivity contribution in [2.75, 3.05) is 16.3 Å². The van der Waals surface area contributed by atoms with Crippen LogP contribution in [0.5, 0.6) is 0 Å². The predicted molar refractivity (Wildman–Crippen MR) is 131 cm³/mol. The van der Waals surface area contributed by atoms with Crippen LogP contribution >= 0.6 is 11.6 Å². The Labute approximate surface area is 202 Å². The highest BCUT2D eigenvalue weighted by molar-refractivity contribution is 6.31. The van der Waals surface area contributed by atoms with Crippen LogP contribution in [0.15, 0.2) is 65.1 Å². The van der Waals surface area contributed by atoms with E-state index in [1.807, 2.05) is 13.0 Å². The molecule has 2 aromatic rings. The van der Waals surface area contributed by atoms with Crippen LogP contribution in [0.3, 0.4) is 0 Å². The first-order valence-electron chi connectivity index (χ1n) is 11.0. The number of para-hydroxylation sites is 1. The molecule has 2 aliphatic heterocycles. The van der Waals surface area contributed by atoms with E-state index in [-0.39, 0.29) is 30.1 Å². The number of fused-ring (bicyclic) bond motifs is 3. The number of carbonyl (C=O) groups is 2. The number of hydrogen-bond donors (Lipinski definition) is 1. The first-order chi connectivity index (χ1) is 16.4. The lowest BCUT2D eigenvalue weighted by Crippen LogP contribution is -2.52. The molecule has 34 heavy (non-hydrogen) atoms. The van der Waals surface area contributed by atoms with Crippen molar-refractivity contribution in [1.29, 1.82) is 5.26 Å². The molecule has 0 saturated heterocycles. The molecule has 1 amide bonds. The first kappa shape index (κ1) is 21.8. The lowest BCUT2D eigenvalue weighted by atomic mass is 9.63. The smallest absolute Gasteiger partial charge is 0.248 e. The van der Waals surface area contributed by atoms with E-state index in [0.29, 0.717) is 46.1 Å². The van der Waals surface area contributed by atoms with Gasteiger partial charge >= 0.3 is 0 Å². The lowest BCUT2D eigenvalue weighted by molar-refractivity contribution is -0.124. The highest BCUT2D eigenvalue weighted by atomic mass is 35.5. The van der Waals surface area contributed by atoms with E-state index in [1.54, 1.807) is 41.3 Å². The Morgan fingerprint density at radius 2 is 1.88 bits per heavy atom. The van der Waals surface area contributed by atoms with Gasteiger partial charge in [-0.1, -0.05) is 41.8 Å². The van der Waals surface area contributed by atoms with Crippen LogP contribution in [-0.4, -0.2) is 18.2 Å². The van der Waals surface area contributed by atoms with Gasteiger partial charge in [-0.15, -0.1) is 6.42 Å². The van der Waals surface area contributed by atoms with Crippen molar-refractivity contribution < 1.29 is 9.59 Å². The van der Waals surface area contributed by atoms with Crippen molar-refractivity contribution in [1.82, 2.24) is 0 Å². The molecule has 2 heterocycles. The maximum absolute atomic E-state index is 14.2. The maximum atomic E-state index is 14.2. The number of halogens is 1. The summed E-state index contributed by atoms with van der Waals surface area (Å²) in [6, 6.07) is 14.8. The Kier molecular flexibility index (Phi) is 5.01. The number of rotatable bonds is 2. The number of ketones is 1. The van der Waals surface area contributed by atoms with Crippen LogP contribution in [0.1, 0.15) is 30.4 Å². The average Bonchev–Trinajstić information content (AvgIpc) is 3.06. The third-order valence-electron chi connectivity index (χ3n) is 6.91. The van der Waals surface area contributed by atoms with Crippen molar-refractivity contribution in [2.24, 2.45) is 5.73 Å². The topological polar surface area (TPSA) is 90.4 Å². The number of nitrogens with two attached hydrogens (primary N) is 1. The fourth-order valence-corrected chi connectivity index (χ4v) is 5.66. The molecule has 7 heteroatoms. The largest absolute Gasteiger partial charge is 0.384 e. The molecule has 0 fully saturated rings. The van der Waals surface area contributed by atoms with Crippen LogP contribution in [0.25, 0.3) is 0 Å². The van der Waals surface area contributed by atoms with Crippen molar-refractivity contribution in [3.8, 4) is 18.4 Å². The third-order valence-corrected chi connectivity index (χ3v) is 7.32. The Balaban J connectivity index is 1.91. The van der Waals surface area contributed by atoms with E-state index in [2.05, 4.69) is 12.0 Å². The summed E-state index contributed by atoms with van der Waals surface area (Å²) < 4.78 is 0. The molecule has 0 saturated carbocycles. The highest BCUT2D eigenvalue weighted by Gasteiger charge is 2.62.